The van der Waals surface area contributed by atoms with Crippen LogP contribution in [0.15, 0.2) is 24.3 Å². The summed E-state index contributed by atoms with van der Waals surface area (Å²) in [7, 11) is 0. The van der Waals surface area contributed by atoms with E-state index in [9.17, 15) is 9.59 Å². The Bertz CT molecular complexity index is 426. The maximum absolute atomic E-state index is 12.1. The summed E-state index contributed by atoms with van der Waals surface area (Å²) in [4.78, 5) is 24.9. The van der Waals surface area contributed by atoms with E-state index >= 15 is 0 Å². The van der Waals surface area contributed by atoms with Gasteiger partial charge in [0.15, 0.2) is 0 Å². The normalized spacial score (nSPS) is 15.6. The lowest BCUT2D eigenvalue weighted by molar-refractivity contribution is -0.117. The van der Waals surface area contributed by atoms with Crippen molar-refractivity contribution < 1.29 is 9.59 Å². The first kappa shape index (κ1) is 10.9. The number of amides is 1. The van der Waals surface area contributed by atoms with Crippen LogP contribution in [0.3, 0.4) is 0 Å². The van der Waals surface area contributed by atoms with E-state index in [0.717, 1.165) is 24.0 Å². The zero-order chi connectivity index (χ0) is 11.5. The molecule has 0 atom stereocenters. The van der Waals surface area contributed by atoms with Crippen LogP contribution in [-0.4, -0.2) is 29.7 Å². The number of carbonyl (C=O) groups excluding carboxylic acids is 2. The SMILES string of the molecule is CC(=O)CN1CCCc2ccccc2C1=O. The number of carbonyl (C=O) groups is 2. The Morgan fingerprint density at radius 3 is 2.88 bits per heavy atom. The number of aryl methyl sites for hydroxylation is 1. The number of rotatable bonds is 2. The van der Waals surface area contributed by atoms with Crippen molar-refractivity contribution in [3.8, 4) is 0 Å². The smallest absolute Gasteiger partial charge is 0.254 e. The molecule has 1 heterocycles. The average Bonchev–Trinajstić information content (AvgIpc) is 2.40. The highest BCUT2D eigenvalue weighted by atomic mass is 16.2. The molecule has 16 heavy (non-hydrogen) atoms. The van der Waals surface area contributed by atoms with E-state index in [0.29, 0.717) is 6.54 Å². The van der Waals surface area contributed by atoms with Crippen molar-refractivity contribution in [2.45, 2.75) is 19.8 Å². The third kappa shape index (κ3) is 2.13. The first-order chi connectivity index (χ1) is 7.68. The van der Waals surface area contributed by atoms with Crippen LogP contribution in [0.1, 0.15) is 29.3 Å². The molecule has 3 heteroatoms. The molecule has 0 saturated carbocycles. The van der Waals surface area contributed by atoms with Gasteiger partial charge < -0.3 is 4.90 Å². The lowest BCUT2D eigenvalue weighted by atomic mass is 10.0. The minimum absolute atomic E-state index is 0.0108. The van der Waals surface area contributed by atoms with Gasteiger partial charge in [0.05, 0.1) is 6.54 Å². The lowest BCUT2D eigenvalue weighted by Gasteiger charge is -2.19. The van der Waals surface area contributed by atoms with Crippen molar-refractivity contribution in [3.05, 3.63) is 35.4 Å². The molecule has 0 N–H and O–H groups in total. The standard InChI is InChI=1S/C13H15NO2/c1-10(15)9-14-8-4-6-11-5-2-3-7-12(11)13(14)16/h2-3,5,7H,4,6,8-9H2,1H3. The van der Waals surface area contributed by atoms with E-state index in [2.05, 4.69) is 0 Å². The van der Waals surface area contributed by atoms with Gasteiger partial charge in [-0.2, -0.15) is 0 Å². The van der Waals surface area contributed by atoms with Gasteiger partial charge in [-0.1, -0.05) is 18.2 Å². The quantitative estimate of drug-likeness (QED) is 0.755. The summed E-state index contributed by atoms with van der Waals surface area (Å²) in [6, 6.07) is 7.65. The third-order valence-electron chi connectivity index (χ3n) is 2.82. The zero-order valence-corrected chi connectivity index (χ0v) is 9.40. The molecule has 1 amide bonds. The Morgan fingerprint density at radius 1 is 1.38 bits per heavy atom. The van der Waals surface area contributed by atoms with Gasteiger partial charge in [0, 0.05) is 12.1 Å². The molecule has 0 saturated heterocycles. The number of hydrogen-bond acceptors (Lipinski definition) is 2. The zero-order valence-electron chi connectivity index (χ0n) is 9.40. The Balaban J connectivity index is 2.30. The second kappa shape index (κ2) is 4.47. The molecular formula is C13H15NO2. The molecule has 1 aliphatic rings. The van der Waals surface area contributed by atoms with Gasteiger partial charge >= 0.3 is 0 Å². The molecule has 1 aromatic rings. The van der Waals surface area contributed by atoms with Crippen molar-refractivity contribution >= 4 is 11.7 Å². The van der Waals surface area contributed by atoms with Gasteiger partial charge in [-0.25, -0.2) is 0 Å². The van der Waals surface area contributed by atoms with E-state index in [1.807, 2.05) is 24.3 Å². The molecule has 0 fully saturated rings. The van der Waals surface area contributed by atoms with Crippen molar-refractivity contribution in [3.63, 3.8) is 0 Å². The van der Waals surface area contributed by atoms with Gasteiger partial charge in [0.25, 0.3) is 5.91 Å². The minimum atomic E-state index is -0.0108. The summed E-state index contributed by atoms with van der Waals surface area (Å²) in [5.41, 5.74) is 1.85. The second-order valence-electron chi connectivity index (χ2n) is 4.19. The lowest BCUT2D eigenvalue weighted by Crippen LogP contribution is -2.34. The van der Waals surface area contributed by atoms with Gasteiger partial charge in [-0.15, -0.1) is 0 Å². The monoisotopic (exact) mass is 217 g/mol. The fraction of sp³-hybridized carbons (Fsp3) is 0.385. The van der Waals surface area contributed by atoms with Crippen LogP contribution in [-0.2, 0) is 11.2 Å². The number of Topliss-reactive ketones (excluding diaryl/α,β-unsaturated/α-hetero) is 1. The van der Waals surface area contributed by atoms with Crippen molar-refractivity contribution in [1.82, 2.24) is 4.90 Å². The molecule has 0 aromatic heterocycles. The molecule has 1 aliphatic heterocycles. The van der Waals surface area contributed by atoms with Crippen LogP contribution in [0.5, 0.6) is 0 Å². The van der Waals surface area contributed by atoms with E-state index in [-0.39, 0.29) is 18.2 Å². The van der Waals surface area contributed by atoms with Crippen LogP contribution < -0.4 is 0 Å². The summed E-state index contributed by atoms with van der Waals surface area (Å²) in [5.74, 6) is 0.0241. The van der Waals surface area contributed by atoms with Crippen LogP contribution in [0.2, 0.25) is 0 Å². The fourth-order valence-electron chi connectivity index (χ4n) is 2.10. The highest BCUT2D eigenvalue weighted by molar-refractivity contribution is 5.98. The van der Waals surface area contributed by atoms with Crippen LogP contribution in [0, 0.1) is 0 Å². The van der Waals surface area contributed by atoms with Gasteiger partial charge in [-0.3, -0.25) is 9.59 Å². The highest BCUT2D eigenvalue weighted by Crippen LogP contribution is 2.18. The minimum Gasteiger partial charge on any atom is -0.331 e. The molecular weight excluding hydrogens is 202 g/mol. The maximum Gasteiger partial charge on any atom is 0.254 e. The Hall–Kier alpha value is -1.64. The van der Waals surface area contributed by atoms with E-state index < -0.39 is 0 Å². The summed E-state index contributed by atoms with van der Waals surface area (Å²) in [5, 5.41) is 0. The summed E-state index contributed by atoms with van der Waals surface area (Å²) in [6.07, 6.45) is 1.84. The van der Waals surface area contributed by atoms with Crippen LogP contribution in [0.4, 0.5) is 0 Å². The number of hydrogen-bond donors (Lipinski definition) is 0. The Morgan fingerprint density at radius 2 is 2.12 bits per heavy atom. The topological polar surface area (TPSA) is 37.4 Å². The number of nitrogens with zero attached hydrogens (tertiary/aromatic N) is 1. The summed E-state index contributed by atoms with van der Waals surface area (Å²) < 4.78 is 0. The van der Waals surface area contributed by atoms with E-state index in [1.165, 1.54) is 6.92 Å². The molecule has 0 spiro atoms. The van der Waals surface area contributed by atoms with Crippen LogP contribution in [0.25, 0.3) is 0 Å². The number of benzene rings is 1. The van der Waals surface area contributed by atoms with Crippen molar-refractivity contribution in [2.75, 3.05) is 13.1 Å². The highest BCUT2D eigenvalue weighted by Gasteiger charge is 2.22. The summed E-state index contributed by atoms with van der Waals surface area (Å²) >= 11 is 0. The molecule has 0 bridgehead atoms. The van der Waals surface area contributed by atoms with E-state index in [4.69, 9.17) is 0 Å². The molecule has 84 valence electrons. The van der Waals surface area contributed by atoms with Crippen molar-refractivity contribution in [1.29, 1.82) is 0 Å². The van der Waals surface area contributed by atoms with Gasteiger partial charge in [0.1, 0.15) is 5.78 Å². The fourth-order valence-corrected chi connectivity index (χ4v) is 2.10. The number of fused-ring (bicyclic) bond motifs is 1. The van der Waals surface area contributed by atoms with Crippen LogP contribution >= 0.6 is 0 Å². The molecule has 3 nitrogen and oxygen atoms in total. The molecule has 1 aromatic carbocycles. The first-order valence-corrected chi connectivity index (χ1v) is 5.55. The Labute approximate surface area is 95.1 Å². The van der Waals surface area contributed by atoms with E-state index in [1.54, 1.807) is 4.90 Å². The average molecular weight is 217 g/mol. The molecule has 0 aliphatic carbocycles. The number of ketones is 1. The predicted molar refractivity (Wildman–Crippen MR) is 61.3 cm³/mol. The second-order valence-corrected chi connectivity index (χ2v) is 4.19. The Kier molecular flexibility index (Phi) is 3.04. The van der Waals surface area contributed by atoms with Gasteiger partial charge in [0.2, 0.25) is 0 Å². The largest absolute Gasteiger partial charge is 0.331 e. The summed E-state index contributed by atoms with van der Waals surface area (Å²) in [6.45, 7) is 2.42. The molecule has 0 unspecified atom stereocenters. The molecule has 0 radical (unpaired) electrons. The maximum atomic E-state index is 12.1. The third-order valence-corrected chi connectivity index (χ3v) is 2.82. The first-order valence-electron chi connectivity index (χ1n) is 5.55. The molecule has 2 rings (SSSR count). The van der Waals surface area contributed by atoms with Gasteiger partial charge in [-0.05, 0) is 31.4 Å². The van der Waals surface area contributed by atoms with Crippen molar-refractivity contribution in [2.24, 2.45) is 0 Å². The predicted octanol–water partition coefficient (Wildman–Crippen LogP) is 1.66.